The van der Waals surface area contributed by atoms with Crippen molar-refractivity contribution < 1.29 is 29.5 Å². The molecule has 2 aliphatic rings. The van der Waals surface area contributed by atoms with Crippen LogP contribution in [0, 0.1) is 0 Å². The topological polar surface area (TPSA) is 44.8 Å². The van der Waals surface area contributed by atoms with E-state index in [9.17, 15) is 0 Å². The number of nitrogens with zero attached hydrogens (tertiary/aromatic N) is 4. The monoisotopic (exact) mass is 882 g/mol. The average molecular weight is 883 g/mol. The Morgan fingerprint density at radius 3 is 1.14 bits per heavy atom. The van der Waals surface area contributed by atoms with E-state index in [2.05, 4.69) is 229 Å². The molecule has 11 rings (SSSR count). The number of benzene rings is 6. The number of hydrogen-bond donors (Lipinski definition) is 0. The summed E-state index contributed by atoms with van der Waals surface area (Å²) in [7, 11) is 0. The van der Waals surface area contributed by atoms with Crippen LogP contribution in [0.25, 0.3) is 103 Å². The van der Waals surface area contributed by atoms with E-state index in [-0.39, 0.29) is 29.5 Å². The zero-order chi connectivity index (χ0) is 41.2. The van der Waals surface area contributed by atoms with Gasteiger partial charge < -0.3 is 22.0 Å². The summed E-state index contributed by atoms with van der Waals surface area (Å²) in [4.78, 5) is 16.5. The molecular weight excluding hydrogens is 844 g/mol. The minimum absolute atomic E-state index is 0. The number of fused-ring (bicyclic) bond motifs is 8. The zero-order valence-corrected chi connectivity index (χ0v) is 36.4. The molecule has 0 unspecified atom stereocenters. The van der Waals surface area contributed by atoms with Crippen molar-refractivity contribution in [3.8, 4) is 44.5 Å². The molecule has 4 nitrogen and oxygen atoms in total. The predicted molar refractivity (Wildman–Crippen MR) is 259 cm³/mol. The maximum atomic E-state index is 5.55. The van der Waals surface area contributed by atoms with Gasteiger partial charge in [-0.1, -0.05) is 194 Å². The molecule has 5 heterocycles. The number of rotatable bonds is 7. The third kappa shape index (κ3) is 7.89. The smallest absolute Gasteiger partial charge is 1.00 e. The Bertz CT molecular complexity index is 3320. The van der Waals surface area contributed by atoms with Crippen LogP contribution in [0.2, 0.25) is 0 Å². The largest absolute Gasteiger partial charge is 2.00 e. The van der Waals surface area contributed by atoms with Crippen LogP contribution in [-0.4, -0.2) is 14.5 Å². The van der Waals surface area contributed by atoms with Gasteiger partial charge >= 0.3 is 17.1 Å². The van der Waals surface area contributed by atoms with E-state index >= 15 is 0 Å². The van der Waals surface area contributed by atoms with Crippen molar-refractivity contribution in [1.29, 1.82) is 0 Å². The van der Waals surface area contributed by atoms with Crippen molar-refractivity contribution in [2.24, 2.45) is 0 Å². The predicted octanol–water partition coefficient (Wildman–Crippen LogP) is 11.5. The van der Waals surface area contributed by atoms with Gasteiger partial charge in [-0.05, 0) is 80.9 Å². The van der Waals surface area contributed by atoms with Crippen LogP contribution >= 0.6 is 0 Å². The Hall–Kier alpha value is -7.53. The Kier molecular flexibility index (Phi) is 12.0. The molecule has 0 N–H and O–H groups in total. The summed E-state index contributed by atoms with van der Waals surface area (Å²) in [6.07, 6.45) is 10.8. The first-order valence-corrected chi connectivity index (χ1v) is 20.9. The van der Waals surface area contributed by atoms with Crippen LogP contribution < -0.4 is 17.4 Å². The normalized spacial score (nSPS) is 11.4. The third-order valence-electron chi connectivity index (χ3n) is 11.6. The molecule has 0 radical (unpaired) electrons. The van der Waals surface area contributed by atoms with Crippen molar-refractivity contribution in [3.05, 3.63) is 240 Å². The van der Waals surface area contributed by atoms with Gasteiger partial charge in [-0.15, -0.1) is 11.0 Å². The van der Waals surface area contributed by atoms with Crippen LogP contribution in [0.3, 0.4) is 0 Å². The van der Waals surface area contributed by atoms with Crippen molar-refractivity contribution in [2.45, 2.75) is 0 Å². The van der Waals surface area contributed by atoms with E-state index in [1.54, 1.807) is 0 Å². The summed E-state index contributed by atoms with van der Waals surface area (Å²) in [6, 6.07) is 72.3. The van der Waals surface area contributed by atoms with Gasteiger partial charge in [-0.2, -0.15) is 0 Å². The van der Waals surface area contributed by atoms with E-state index in [1.165, 1.54) is 0 Å². The molecule has 0 saturated carbocycles. The quantitative estimate of drug-likeness (QED) is 0.150. The molecule has 0 aliphatic carbocycles. The van der Waals surface area contributed by atoms with Gasteiger partial charge in [0, 0.05) is 22.9 Å². The van der Waals surface area contributed by atoms with E-state index in [0.29, 0.717) is 0 Å². The first-order chi connectivity index (χ1) is 30.8. The molecule has 0 spiro atoms. The molecule has 6 aromatic carbocycles. The van der Waals surface area contributed by atoms with Gasteiger partial charge in [0.15, 0.2) is 0 Å². The molecular formula is C58H39ClFeN4. The van der Waals surface area contributed by atoms with Gasteiger partial charge in [0.2, 0.25) is 0 Å². The Morgan fingerprint density at radius 2 is 0.688 bits per heavy atom. The molecule has 2 aliphatic heterocycles. The van der Waals surface area contributed by atoms with E-state index < -0.39 is 0 Å². The number of hydrogen-bond acceptors (Lipinski definition) is 2. The molecule has 8 bridgehead atoms. The summed E-state index contributed by atoms with van der Waals surface area (Å²) in [5, 5.41) is 0. The summed E-state index contributed by atoms with van der Waals surface area (Å²) < 4.78 is 2.36. The first-order valence-electron chi connectivity index (χ1n) is 20.9. The SMILES string of the molecule is C1=Cc2nc1c(-c1ccccc1)c1nc(c(-c3ccccc3)c3ccc(c(-c4ccccc4)c4ccc([n-]4)c2-c2ccccc2)n3C=C(c2ccccc2)c2ccccc2)C=C1.[Cl-].[Fe+2]. The second-order valence-corrected chi connectivity index (χ2v) is 15.4. The third-order valence-corrected chi connectivity index (χ3v) is 11.6. The van der Waals surface area contributed by atoms with Gasteiger partial charge in [0.25, 0.3) is 0 Å². The van der Waals surface area contributed by atoms with Gasteiger partial charge in [-0.25, -0.2) is 9.97 Å². The molecule has 0 fully saturated rings. The van der Waals surface area contributed by atoms with E-state index in [0.717, 1.165) is 106 Å². The first kappa shape index (κ1) is 41.8. The maximum Gasteiger partial charge on any atom is 2.00 e. The van der Waals surface area contributed by atoms with Crippen LogP contribution in [0.1, 0.15) is 33.9 Å². The van der Waals surface area contributed by atoms with Crippen molar-refractivity contribution in [1.82, 2.24) is 19.5 Å². The summed E-state index contributed by atoms with van der Waals surface area (Å²) in [5.41, 5.74) is 18.6. The summed E-state index contributed by atoms with van der Waals surface area (Å²) in [5.74, 6) is 0. The second-order valence-electron chi connectivity index (χ2n) is 15.4. The molecule has 9 aromatic rings. The standard InChI is InChI=1S/C58H39N4.ClH.Fe/c1-7-19-40(20-8-1)46(41-21-9-2-10-22-41)39-62-53-37-38-54(62)58(45-29-17-6-18-30-45)52-36-34-50(61-52)56(43-25-13-4-14-26-43)48-32-31-47(59-48)55(42-23-11-3-12-24-42)49-33-35-51(60-49)57(53)44-27-15-5-16-28-44;;/h1-39H;1H;/q-1;;+2/p-1. The Morgan fingerprint density at radius 1 is 0.359 bits per heavy atom. The number of aromatic nitrogens is 4. The molecule has 0 saturated heterocycles. The molecule has 3 aromatic heterocycles. The molecule has 64 heavy (non-hydrogen) atoms. The minimum Gasteiger partial charge on any atom is -1.00 e. The fourth-order valence-corrected chi connectivity index (χ4v) is 8.72. The average Bonchev–Trinajstić information content (AvgIpc) is 4.18. The van der Waals surface area contributed by atoms with Crippen LogP contribution in [0.5, 0.6) is 0 Å². The zero-order valence-electron chi connectivity index (χ0n) is 34.5. The summed E-state index contributed by atoms with van der Waals surface area (Å²) >= 11 is 0. The maximum absolute atomic E-state index is 5.55. The van der Waals surface area contributed by atoms with E-state index in [1.807, 2.05) is 12.1 Å². The van der Waals surface area contributed by atoms with Crippen molar-refractivity contribution >= 4 is 58.1 Å². The van der Waals surface area contributed by atoms with Crippen molar-refractivity contribution in [3.63, 3.8) is 0 Å². The number of halogens is 1. The van der Waals surface area contributed by atoms with Crippen LogP contribution in [-0.2, 0) is 17.1 Å². The molecule has 306 valence electrons. The molecule has 0 atom stereocenters. The van der Waals surface area contributed by atoms with Crippen molar-refractivity contribution in [2.75, 3.05) is 0 Å². The summed E-state index contributed by atoms with van der Waals surface area (Å²) in [6.45, 7) is 0. The Labute approximate surface area is 389 Å². The second kappa shape index (κ2) is 18.4. The van der Waals surface area contributed by atoms with Gasteiger partial charge in [0.05, 0.1) is 33.8 Å². The fourth-order valence-electron chi connectivity index (χ4n) is 8.72. The minimum atomic E-state index is 0. The van der Waals surface area contributed by atoms with Gasteiger partial charge in [-0.3, -0.25) is 0 Å². The van der Waals surface area contributed by atoms with Crippen LogP contribution in [0.15, 0.2) is 206 Å². The van der Waals surface area contributed by atoms with E-state index in [4.69, 9.17) is 15.0 Å². The van der Waals surface area contributed by atoms with Gasteiger partial charge in [0.1, 0.15) is 0 Å². The van der Waals surface area contributed by atoms with Crippen LogP contribution in [0.4, 0.5) is 0 Å². The molecule has 0 amide bonds. The molecule has 6 heteroatoms. The Balaban J connectivity index is 0.00000259. The fraction of sp³-hybridized carbons (Fsp3) is 0.